The fourth-order valence-electron chi connectivity index (χ4n) is 1.89. The second-order valence-corrected chi connectivity index (χ2v) is 5.02. The molecule has 0 aromatic heterocycles. The van der Waals surface area contributed by atoms with Crippen molar-refractivity contribution < 1.29 is 9.53 Å². The van der Waals surface area contributed by atoms with Gasteiger partial charge >= 0.3 is 0 Å². The molecule has 0 unspecified atom stereocenters. The maximum absolute atomic E-state index is 11.8. The van der Waals surface area contributed by atoms with Crippen LogP contribution >= 0.6 is 0 Å². The van der Waals surface area contributed by atoms with E-state index in [1.165, 1.54) is 0 Å². The molecule has 0 aliphatic carbocycles. The summed E-state index contributed by atoms with van der Waals surface area (Å²) in [4.78, 5) is 15.4. The molecule has 21 heavy (non-hydrogen) atoms. The maximum atomic E-state index is 11.8. The lowest BCUT2D eigenvalue weighted by Gasteiger charge is -2.23. The van der Waals surface area contributed by atoms with E-state index in [4.69, 9.17) is 10.00 Å². The fourth-order valence-corrected chi connectivity index (χ4v) is 1.89. The predicted molar refractivity (Wildman–Crippen MR) is 82.1 cm³/mol. The highest BCUT2D eigenvalue weighted by atomic mass is 16.5. The Morgan fingerprint density at radius 3 is 2.62 bits per heavy atom. The van der Waals surface area contributed by atoms with E-state index in [1.807, 2.05) is 12.1 Å². The van der Waals surface area contributed by atoms with Crippen LogP contribution in [0.1, 0.15) is 18.9 Å². The Morgan fingerprint density at radius 2 is 2.00 bits per heavy atom. The lowest BCUT2D eigenvalue weighted by atomic mass is 10.2. The van der Waals surface area contributed by atoms with Crippen molar-refractivity contribution in [2.24, 2.45) is 0 Å². The number of hydrogen-bond acceptors (Lipinski definition) is 4. The van der Waals surface area contributed by atoms with E-state index < -0.39 is 0 Å². The summed E-state index contributed by atoms with van der Waals surface area (Å²) < 4.78 is 5.66. The van der Waals surface area contributed by atoms with Crippen LogP contribution in [0.15, 0.2) is 24.3 Å². The Kier molecular flexibility index (Phi) is 7.27. The first-order chi connectivity index (χ1) is 10.1. The van der Waals surface area contributed by atoms with Crippen molar-refractivity contribution in [3.8, 4) is 11.8 Å². The van der Waals surface area contributed by atoms with Crippen molar-refractivity contribution in [1.82, 2.24) is 9.80 Å². The van der Waals surface area contributed by atoms with E-state index >= 15 is 0 Å². The Morgan fingerprint density at radius 1 is 1.29 bits per heavy atom. The van der Waals surface area contributed by atoms with E-state index in [0.717, 1.165) is 13.0 Å². The van der Waals surface area contributed by atoms with Crippen molar-refractivity contribution in [1.29, 1.82) is 5.26 Å². The Labute approximate surface area is 126 Å². The molecule has 0 saturated heterocycles. The first-order valence-corrected chi connectivity index (χ1v) is 7.13. The quantitative estimate of drug-likeness (QED) is 0.731. The second-order valence-electron chi connectivity index (χ2n) is 5.02. The zero-order valence-electron chi connectivity index (χ0n) is 13.0. The number of rotatable bonds is 8. The van der Waals surface area contributed by atoms with E-state index in [1.54, 1.807) is 31.1 Å². The van der Waals surface area contributed by atoms with E-state index in [0.29, 0.717) is 31.0 Å². The molecule has 0 radical (unpaired) electrons. The van der Waals surface area contributed by atoms with Gasteiger partial charge in [0.1, 0.15) is 18.4 Å². The number of carbonyl (C=O) groups excluding carboxylic acids is 1. The average molecular weight is 289 g/mol. The molecule has 1 rings (SSSR count). The molecule has 0 atom stereocenters. The van der Waals surface area contributed by atoms with Gasteiger partial charge in [-0.15, -0.1) is 0 Å². The SMILES string of the molecule is CCCN(CCOc1ccccc1C#N)CC(=O)N(C)C. The number of ether oxygens (including phenoxy) is 1. The number of amides is 1. The van der Waals surface area contributed by atoms with Crippen LogP contribution in [0, 0.1) is 11.3 Å². The third-order valence-corrected chi connectivity index (χ3v) is 3.07. The van der Waals surface area contributed by atoms with Crippen LogP contribution in [-0.4, -0.2) is 56.0 Å². The molecular formula is C16H23N3O2. The van der Waals surface area contributed by atoms with Crippen LogP contribution in [0.5, 0.6) is 5.75 Å². The third kappa shape index (κ3) is 5.84. The van der Waals surface area contributed by atoms with Gasteiger partial charge in [-0.1, -0.05) is 19.1 Å². The minimum Gasteiger partial charge on any atom is -0.491 e. The van der Waals surface area contributed by atoms with E-state index in [2.05, 4.69) is 17.9 Å². The topological polar surface area (TPSA) is 56.6 Å². The first-order valence-electron chi connectivity index (χ1n) is 7.13. The number of para-hydroxylation sites is 1. The maximum Gasteiger partial charge on any atom is 0.236 e. The predicted octanol–water partition coefficient (Wildman–Crippen LogP) is 1.74. The summed E-state index contributed by atoms with van der Waals surface area (Å²) in [5.41, 5.74) is 0.531. The lowest BCUT2D eigenvalue weighted by molar-refractivity contribution is -0.130. The van der Waals surface area contributed by atoms with Crippen molar-refractivity contribution in [3.05, 3.63) is 29.8 Å². The Hall–Kier alpha value is -2.06. The number of nitrogens with zero attached hydrogens (tertiary/aromatic N) is 3. The molecule has 0 aliphatic heterocycles. The van der Waals surface area contributed by atoms with Crippen molar-refractivity contribution in [2.45, 2.75) is 13.3 Å². The molecule has 0 N–H and O–H groups in total. The summed E-state index contributed by atoms with van der Waals surface area (Å²) in [6.07, 6.45) is 0.982. The van der Waals surface area contributed by atoms with Crippen LogP contribution in [0.4, 0.5) is 0 Å². The molecule has 0 spiro atoms. The summed E-state index contributed by atoms with van der Waals surface area (Å²) in [6.45, 7) is 4.44. The molecule has 5 nitrogen and oxygen atoms in total. The zero-order valence-corrected chi connectivity index (χ0v) is 13.0. The summed E-state index contributed by atoms with van der Waals surface area (Å²) in [5.74, 6) is 0.677. The lowest BCUT2D eigenvalue weighted by Crippen LogP contribution is -2.39. The fraction of sp³-hybridized carbons (Fsp3) is 0.500. The molecule has 0 aliphatic rings. The van der Waals surface area contributed by atoms with Gasteiger partial charge in [-0.25, -0.2) is 0 Å². The first kappa shape index (κ1) is 17.0. The average Bonchev–Trinajstić information content (AvgIpc) is 2.47. The standard InChI is InChI=1S/C16H23N3O2/c1-4-9-19(13-16(20)18(2)3)10-11-21-15-8-6-5-7-14(15)12-17/h5-8H,4,9-11,13H2,1-3H3. The highest BCUT2D eigenvalue weighted by molar-refractivity contribution is 5.77. The number of benzene rings is 1. The second kappa shape index (κ2) is 8.98. The van der Waals surface area contributed by atoms with Crippen molar-refractivity contribution in [2.75, 3.05) is 40.3 Å². The summed E-state index contributed by atoms with van der Waals surface area (Å²) in [6, 6.07) is 9.28. The molecule has 1 aromatic carbocycles. The molecule has 1 amide bonds. The van der Waals surface area contributed by atoms with Gasteiger partial charge in [0.05, 0.1) is 12.1 Å². The van der Waals surface area contributed by atoms with Gasteiger partial charge in [0.2, 0.25) is 5.91 Å². The van der Waals surface area contributed by atoms with Crippen LogP contribution in [-0.2, 0) is 4.79 Å². The smallest absolute Gasteiger partial charge is 0.236 e. The normalized spacial score (nSPS) is 10.2. The molecule has 1 aromatic rings. The van der Waals surface area contributed by atoms with Gasteiger partial charge in [-0.2, -0.15) is 5.26 Å². The molecule has 0 heterocycles. The summed E-state index contributed by atoms with van der Waals surface area (Å²) in [5, 5.41) is 9.00. The van der Waals surface area contributed by atoms with Gasteiger partial charge in [0.25, 0.3) is 0 Å². The summed E-state index contributed by atoms with van der Waals surface area (Å²) >= 11 is 0. The molecular weight excluding hydrogens is 266 g/mol. The third-order valence-electron chi connectivity index (χ3n) is 3.07. The number of likely N-dealkylation sites (N-methyl/N-ethyl adjacent to an activating group) is 1. The van der Waals surface area contributed by atoms with Crippen LogP contribution < -0.4 is 4.74 Å². The Bertz CT molecular complexity index is 495. The van der Waals surface area contributed by atoms with Gasteiger partial charge in [0, 0.05) is 20.6 Å². The molecule has 5 heteroatoms. The monoisotopic (exact) mass is 289 g/mol. The van der Waals surface area contributed by atoms with Crippen LogP contribution in [0.2, 0.25) is 0 Å². The minimum atomic E-state index is 0.0841. The number of carbonyl (C=O) groups is 1. The van der Waals surface area contributed by atoms with Crippen molar-refractivity contribution >= 4 is 5.91 Å². The molecule has 0 fully saturated rings. The van der Waals surface area contributed by atoms with E-state index in [-0.39, 0.29) is 5.91 Å². The zero-order chi connectivity index (χ0) is 15.7. The number of hydrogen-bond donors (Lipinski definition) is 0. The van der Waals surface area contributed by atoms with Gasteiger partial charge in [-0.05, 0) is 25.1 Å². The molecule has 0 bridgehead atoms. The van der Waals surface area contributed by atoms with Gasteiger partial charge in [0.15, 0.2) is 0 Å². The molecule has 0 saturated carbocycles. The summed E-state index contributed by atoms with van der Waals surface area (Å²) in [7, 11) is 3.51. The van der Waals surface area contributed by atoms with Gasteiger partial charge in [-0.3, -0.25) is 9.69 Å². The number of nitriles is 1. The minimum absolute atomic E-state index is 0.0841. The highest BCUT2D eigenvalue weighted by Gasteiger charge is 2.12. The van der Waals surface area contributed by atoms with E-state index in [9.17, 15) is 4.79 Å². The van der Waals surface area contributed by atoms with Gasteiger partial charge < -0.3 is 9.64 Å². The van der Waals surface area contributed by atoms with Crippen molar-refractivity contribution in [3.63, 3.8) is 0 Å². The van der Waals surface area contributed by atoms with Crippen LogP contribution in [0.3, 0.4) is 0 Å². The molecule has 114 valence electrons. The Balaban J connectivity index is 2.50. The van der Waals surface area contributed by atoms with Crippen LogP contribution in [0.25, 0.3) is 0 Å². The highest BCUT2D eigenvalue weighted by Crippen LogP contribution is 2.16. The largest absolute Gasteiger partial charge is 0.491 e.